The van der Waals surface area contributed by atoms with E-state index in [0.717, 1.165) is 0 Å². The lowest BCUT2D eigenvalue weighted by Crippen LogP contribution is -2.75. The normalized spacial score (nSPS) is 40.8. The van der Waals surface area contributed by atoms with Crippen molar-refractivity contribution < 1.29 is 48.0 Å². The van der Waals surface area contributed by atoms with Gasteiger partial charge in [0.15, 0.2) is 17.5 Å². The molecule has 0 aromatic carbocycles. The molecule has 1 aromatic heterocycles. The molecule has 8 atom stereocenters. The summed E-state index contributed by atoms with van der Waals surface area (Å²) >= 11 is 0. The molecule has 3 aliphatic carbocycles. The summed E-state index contributed by atoms with van der Waals surface area (Å²) in [6.07, 6.45) is -0.0590. The van der Waals surface area contributed by atoms with Crippen LogP contribution in [0.5, 0.6) is 0 Å². The van der Waals surface area contributed by atoms with Gasteiger partial charge in [-0.3, -0.25) is 14.4 Å². The number of ether oxygens (including phenoxy) is 3. The van der Waals surface area contributed by atoms with Gasteiger partial charge in [0.2, 0.25) is 0 Å². The molecular weight excluding hydrogens is 508 g/mol. The van der Waals surface area contributed by atoms with Crippen molar-refractivity contribution in [2.24, 2.45) is 28.1 Å². The molecule has 1 saturated heterocycles. The molecule has 3 fully saturated rings. The molecule has 4 aliphatic rings. The topological polar surface area (TPSA) is 150 Å². The van der Waals surface area contributed by atoms with Crippen LogP contribution in [0, 0.1) is 28.1 Å². The minimum atomic E-state index is -2.14. The Kier molecular flexibility index (Phi) is 6.20. The van der Waals surface area contributed by atoms with Crippen molar-refractivity contribution in [1.29, 1.82) is 0 Å². The first-order valence-corrected chi connectivity index (χ1v) is 13.3. The third kappa shape index (κ3) is 3.60. The summed E-state index contributed by atoms with van der Waals surface area (Å²) < 4.78 is 21.6. The van der Waals surface area contributed by atoms with E-state index in [-0.39, 0.29) is 12.8 Å². The maximum atomic E-state index is 14.3. The SMILES string of the molecule is COC(=O)C[C@H]1C(C)(C)[C@H](OC(C)=O)[C@]2(O)CC3=C4[C@@H](O)C(=O)O[C@@H](c5ccoc5)[C@]4(C)CC[C@@H]3[C@@]1(C)C2=O. The summed E-state index contributed by atoms with van der Waals surface area (Å²) in [5.74, 6) is -3.71. The van der Waals surface area contributed by atoms with E-state index in [0.29, 0.717) is 29.6 Å². The average Bonchev–Trinajstić information content (AvgIpc) is 3.40. The Morgan fingerprint density at radius 3 is 2.46 bits per heavy atom. The minimum Gasteiger partial charge on any atom is -0.472 e. The number of rotatable bonds is 4. The molecule has 2 saturated carbocycles. The van der Waals surface area contributed by atoms with Crippen molar-refractivity contribution in [3.05, 3.63) is 35.3 Å². The van der Waals surface area contributed by atoms with Crippen molar-refractivity contribution >= 4 is 23.7 Å². The van der Waals surface area contributed by atoms with Gasteiger partial charge in [-0.25, -0.2) is 4.79 Å². The van der Waals surface area contributed by atoms with Crippen molar-refractivity contribution in [2.45, 2.75) is 84.2 Å². The van der Waals surface area contributed by atoms with Gasteiger partial charge in [0.1, 0.15) is 12.2 Å². The van der Waals surface area contributed by atoms with Crippen LogP contribution in [-0.2, 0) is 33.4 Å². The van der Waals surface area contributed by atoms with Crippen LogP contribution in [0.25, 0.3) is 0 Å². The number of aliphatic hydroxyl groups excluding tert-OH is 1. The standard InChI is InChI=1S/C29H36O10/c1-14(30)38-25-26(2,3)18(11-19(31)36-6)28(5)17-7-9-27(4)20(16(17)12-29(25,35)24(28)34)21(32)23(33)39-22(27)15-8-10-37-13-15/h8,10,13,17-18,21-22,25,32,35H,7,9,11-12H2,1-6H3/t17-,18-,21+,22-,25-,27+,28+,29-/m0/s1. The van der Waals surface area contributed by atoms with Gasteiger partial charge in [0.25, 0.3) is 0 Å². The molecule has 0 radical (unpaired) electrons. The van der Waals surface area contributed by atoms with Crippen LogP contribution in [-0.4, -0.2) is 58.8 Å². The number of furan rings is 1. The number of methoxy groups -OCH3 is 1. The molecule has 10 nitrogen and oxygen atoms in total. The van der Waals surface area contributed by atoms with E-state index in [4.69, 9.17) is 18.6 Å². The predicted molar refractivity (Wildman–Crippen MR) is 134 cm³/mol. The van der Waals surface area contributed by atoms with E-state index < -0.39 is 75.7 Å². The zero-order valence-corrected chi connectivity index (χ0v) is 23.1. The highest BCUT2D eigenvalue weighted by molar-refractivity contribution is 5.98. The Bertz CT molecular complexity index is 1260. The fourth-order valence-electron chi connectivity index (χ4n) is 8.56. The second-order valence-corrected chi connectivity index (χ2v) is 12.6. The van der Waals surface area contributed by atoms with Crippen molar-refractivity contribution in [1.82, 2.24) is 0 Å². The Balaban J connectivity index is 1.76. The van der Waals surface area contributed by atoms with Crippen molar-refractivity contribution in [3.63, 3.8) is 0 Å². The molecule has 0 unspecified atom stereocenters. The number of hydrogen-bond donors (Lipinski definition) is 2. The number of ketones is 1. The Labute approximate surface area is 226 Å². The zero-order valence-electron chi connectivity index (χ0n) is 23.1. The fraction of sp³-hybridized carbons (Fsp3) is 0.655. The van der Waals surface area contributed by atoms with Crippen molar-refractivity contribution in [2.75, 3.05) is 7.11 Å². The van der Waals surface area contributed by atoms with Crippen LogP contribution in [0.15, 0.2) is 34.2 Å². The fourth-order valence-corrected chi connectivity index (χ4v) is 8.56. The highest BCUT2D eigenvalue weighted by Gasteiger charge is 2.74. The van der Waals surface area contributed by atoms with Crippen molar-refractivity contribution in [3.8, 4) is 0 Å². The highest BCUT2D eigenvalue weighted by Crippen LogP contribution is 2.68. The van der Waals surface area contributed by atoms with Crippen LogP contribution < -0.4 is 0 Å². The number of carbonyl (C=O) groups is 4. The highest BCUT2D eigenvalue weighted by atomic mass is 16.6. The molecule has 1 aromatic rings. The third-order valence-corrected chi connectivity index (χ3v) is 10.2. The molecule has 212 valence electrons. The van der Waals surface area contributed by atoms with E-state index >= 15 is 0 Å². The number of fused-ring (bicyclic) bond motifs is 5. The van der Waals surface area contributed by atoms with Gasteiger partial charge in [-0.1, -0.05) is 33.3 Å². The zero-order chi connectivity index (χ0) is 28.7. The lowest BCUT2D eigenvalue weighted by atomic mass is 9.39. The summed E-state index contributed by atoms with van der Waals surface area (Å²) in [4.78, 5) is 52.2. The van der Waals surface area contributed by atoms with E-state index in [2.05, 4.69) is 0 Å². The molecule has 5 rings (SSSR count). The number of cyclic esters (lactones) is 1. The predicted octanol–water partition coefficient (Wildman–Crippen LogP) is 2.81. The van der Waals surface area contributed by atoms with Gasteiger partial charge >= 0.3 is 17.9 Å². The van der Waals surface area contributed by atoms with E-state index in [1.165, 1.54) is 26.6 Å². The molecule has 1 aliphatic heterocycles. The summed E-state index contributed by atoms with van der Waals surface area (Å²) in [7, 11) is 1.27. The van der Waals surface area contributed by atoms with Gasteiger partial charge in [-0.15, -0.1) is 0 Å². The quantitative estimate of drug-likeness (QED) is 0.329. The van der Waals surface area contributed by atoms with E-state index in [1.807, 2.05) is 6.92 Å². The number of esters is 3. The number of Topliss-reactive ketones (excluding diaryl/α,β-unsaturated/α-hetero) is 1. The lowest BCUT2D eigenvalue weighted by Gasteiger charge is -2.65. The Hall–Kier alpha value is -2.98. The molecular formula is C29H36O10. The number of aliphatic hydroxyl groups is 2. The molecule has 2 heterocycles. The summed E-state index contributed by atoms with van der Waals surface area (Å²) in [5, 5.41) is 23.5. The second-order valence-electron chi connectivity index (χ2n) is 12.6. The maximum Gasteiger partial charge on any atom is 0.339 e. The van der Waals surface area contributed by atoms with Gasteiger partial charge < -0.3 is 28.8 Å². The van der Waals surface area contributed by atoms with Crippen LogP contribution in [0.1, 0.15) is 72.0 Å². The van der Waals surface area contributed by atoms with Crippen LogP contribution in [0.2, 0.25) is 0 Å². The van der Waals surface area contributed by atoms with Gasteiger partial charge in [-0.2, -0.15) is 0 Å². The van der Waals surface area contributed by atoms with Crippen LogP contribution >= 0.6 is 0 Å². The molecule has 0 amide bonds. The Morgan fingerprint density at radius 2 is 1.87 bits per heavy atom. The summed E-state index contributed by atoms with van der Waals surface area (Å²) in [6, 6.07) is 1.70. The first-order chi connectivity index (χ1) is 18.1. The molecule has 0 spiro atoms. The molecule has 39 heavy (non-hydrogen) atoms. The van der Waals surface area contributed by atoms with Crippen LogP contribution in [0.3, 0.4) is 0 Å². The minimum absolute atomic E-state index is 0.141. The monoisotopic (exact) mass is 544 g/mol. The second kappa shape index (κ2) is 8.76. The average molecular weight is 545 g/mol. The molecule has 2 bridgehead atoms. The first-order valence-electron chi connectivity index (χ1n) is 13.3. The maximum absolute atomic E-state index is 14.3. The smallest absolute Gasteiger partial charge is 0.339 e. The van der Waals surface area contributed by atoms with Gasteiger partial charge in [0.05, 0.1) is 19.6 Å². The van der Waals surface area contributed by atoms with Crippen LogP contribution in [0.4, 0.5) is 0 Å². The van der Waals surface area contributed by atoms with E-state index in [1.54, 1.807) is 26.8 Å². The lowest BCUT2D eigenvalue weighted by molar-refractivity contribution is -0.235. The molecule has 10 heteroatoms. The largest absolute Gasteiger partial charge is 0.472 e. The van der Waals surface area contributed by atoms with E-state index in [9.17, 15) is 29.4 Å². The van der Waals surface area contributed by atoms with Gasteiger partial charge in [0, 0.05) is 41.6 Å². The summed E-state index contributed by atoms with van der Waals surface area (Å²) in [5.41, 5.74) is -3.65. The Morgan fingerprint density at radius 1 is 1.18 bits per heavy atom. The first kappa shape index (κ1) is 27.6. The third-order valence-electron chi connectivity index (χ3n) is 10.2. The number of carbonyl (C=O) groups excluding carboxylic acids is 4. The summed E-state index contributed by atoms with van der Waals surface area (Å²) in [6.45, 7) is 8.42. The number of hydrogen-bond acceptors (Lipinski definition) is 10. The molecule has 2 N–H and O–H groups in total. The van der Waals surface area contributed by atoms with Gasteiger partial charge in [-0.05, 0) is 36.3 Å².